The van der Waals surface area contributed by atoms with Crippen LogP contribution in [-0.4, -0.2) is 50.8 Å². The average Bonchev–Trinajstić information content (AvgIpc) is 2.31. The van der Waals surface area contributed by atoms with Crippen LogP contribution < -0.4 is 5.32 Å². The molecule has 0 rings (SSSR count). The fraction of sp³-hybridized carbons (Fsp3) is 1.00. The van der Waals surface area contributed by atoms with Crippen LogP contribution in [-0.2, 0) is 4.74 Å². The Bertz CT molecular complexity index is 189. The van der Waals surface area contributed by atoms with Gasteiger partial charge in [0.15, 0.2) is 0 Å². The fourth-order valence-electron chi connectivity index (χ4n) is 2.12. The van der Waals surface area contributed by atoms with E-state index in [9.17, 15) is 0 Å². The lowest BCUT2D eigenvalue weighted by Gasteiger charge is -2.33. The molecular weight excluding hydrogens is 224 g/mol. The number of hydrogen-bond acceptors (Lipinski definition) is 3. The third-order valence-electron chi connectivity index (χ3n) is 3.48. The van der Waals surface area contributed by atoms with E-state index in [1.165, 1.54) is 12.8 Å². The van der Waals surface area contributed by atoms with Gasteiger partial charge in [-0.15, -0.1) is 0 Å². The Kier molecular flexibility index (Phi) is 9.70. The third-order valence-corrected chi connectivity index (χ3v) is 3.48. The molecule has 0 fully saturated rings. The van der Waals surface area contributed by atoms with Crippen molar-refractivity contribution < 1.29 is 4.74 Å². The van der Waals surface area contributed by atoms with Crippen LogP contribution in [0, 0.1) is 5.41 Å². The van der Waals surface area contributed by atoms with Crippen molar-refractivity contribution in [3.05, 3.63) is 0 Å². The van der Waals surface area contributed by atoms with Gasteiger partial charge in [0, 0.05) is 19.7 Å². The zero-order chi connectivity index (χ0) is 14.0. The van der Waals surface area contributed by atoms with E-state index >= 15 is 0 Å². The molecule has 0 aliphatic rings. The van der Waals surface area contributed by atoms with Crippen molar-refractivity contribution in [2.24, 2.45) is 5.41 Å². The lowest BCUT2D eigenvalue weighted by molar-refractivity contribution is 0.141. The van der Waals surface area contributed by atoms with Crippen LogP contribution in [0.5, 0.6) is 0 Å². The number of methoxy groups -OCH3 is 1. The summed E-state index contributed by atoms with van der Waals surface area (Å²) in [7, 11) is 1.77. The predicted molar refractivity (Wildman–Crippen MR) is 80.1 cm³/mol. The lowest BCUT2D eigenvalue weighted by Crippen LogP contribution is -2.43. The first-order valence-electron chi connectivity index (χ1n) is 7.40. The number of rotatable bonds is 10. The molecule has 0 saturated heterocycles. The Morgan fingerprint density at radius 2 is 1.83 bits per heavy atom. The van der Waals surface area contributed by atoms with E-state index in [0.717, 1.165) is 32.8 Å². The minimum absolute atomic E-state index is 0.329. The summed E-state index contributed by atoms with van der Waals surface area (Å²) in [6.45, 7) is 16.7. The Morgan fingerprint density at radius 3 is 2.28 bits per heavy atom. The molecule has 0 radical (unpaired) electrons. The predicted octanol–water partition coefficient (Wildman–Crippen LogP) is 2.76. The normalized spacial score (nSPS) is 14.2. The van der Waals surface area contributed by atoms with Gasteiger partial charge in [0.25, 0.3) is 0 Å². The molecule has 0 bridgehead atoms. The average molecular weight is 258 g/mol. The Labute approximate surface area is 114 Å². The van der Waals surface area contributed by atoms with Gasteiger partial charge in [-0.3, -0.25) is 0 Å². The Morgan fingerprint density at radius 1 is 1.17 bits per heavy atom. The van der Waals surface area contributed by atoms with E-state index in [1.807, 2.05) is 0 Å². The molecule has 1 unspecified atom stereocenters. The van der Waals surface area contributed by atoms with Crippen molar-refractivity contribution in [3.8, 4) is 0 Å². The molecule has 0 saturated carbocycles. The maximum atomic E-state index is 5.16. The second-order valence-electron chi connectivity index (χ2n) is 6.09. The zero-order valence-electron chi connectivity index (χ0n) is 13.4. The lowest BCUT2D eigenvalue weighted by atomic mass is 9.84. The summed E-state index contributed by atoms with van der Waals surface area (Å²) in [4.78, 5) is 2.47. The number of likely N-dealkylation sites (N-methyl/N-ethyl adjacent to an activating group) is 1. The highest BCUT2D eigenvalue weighted by molar-refractivity contribution is 4.81. The first-order chi connectivity index (χ1) is 8.45. The molecule has 0 aromatic carbocycles. The Balaban J connectivity index is 4.14. The van der Waals surface area contributed by atoms with Crippen molar-refractivity contribution >= 4 is 0 Å². The summed E-state index contributed by atoms with van der Waals surface area (Å²) in [5, 5.41) is 3.69. The SMILES string of the molecule is CCCNC(CCN(CC)CCOC)C(C)(C)C. The van der Waals surface area contributed by atoms with Crippen LogP contribution in [0.3, 0.4) is 0 Å². The monoisotopic (exact) mass is 258 g/mol. The number of ether oxygens (including phenoxy) is 1. The maximum Gasteiger partial charge on any atom is 0.0589 e. The smallest absolute Gasteiger partial charge is 0.0589 e. The van der Waals surface area contributed by atoms with Crippen LogP contribution in [0.4, 0.5) is 0 Å². The highest BCUT2D eigenvalue weighted by Gasteiger charge is 2.23. The molecule has 0 heterocycles. The van der Waals surface area contributed by atoms with Gasteiger partial charge >= 0.3 is 0 Å². The van der Waals surface area contributed by atoms with Crippen LogP contribution in [0.25, 0.3) is 0 Å². The van der Waals surface area contributed by atoms with Gasteiger partial charge in [-0.05, 0) is 37.9 Å². The van der Waals surface area contributed by atoms with Crippen molar-refractivity contribution in [2.45, 2.75) is 53.5 Å². The molecular formula is C15H34N2O. The molecule has 3 nitrogen and oxygen atoms in total. The van der Waals surface area contributed by atoms with E-state index < -0.39 is 0 Å². The van der Waals surface area contributed by atoms with E-state index in [-0.39, 0.29) is 0 Å². The van der Waals surface area contributed by atoms with Gasteiger partial charge in [0.2, 0.25) is 0 Å². The minimum atomic E-state index is 0.329. The third kappa shape index (κ3) is 8.06. The summed E-state index contributed by atoms with van der Waals surface area (Å²) >= 11 is 0. The summed E-state index contributed by atoms with van der Waals surface area (Å²) < 4.78 is 5.16. The molecule has 110 valence electrons. The molecule has 18 heavy (non-hydrogen) atoms. The highest BCUT2D eigenvalue weighted by atomic mass is 16.5. The molecule has 1 atom stereocenters. The molecule has 0 aliphatic heterocycles. The standard InChI is InChI=1S/C15H34N2O/c1-7-10-16-14(15(3,4)5)9-11-17(8-2)12-13-18-6/h14,16H,7-13H2,1-6H3. The largest absolute Gasteiger partial charge is 0.383 e. The quantitative estimate of drug-likeness (QED) is 0.652. The second kappa shape index (κ2) is 9.76. The van der Waals surface area contributed by atoms with E-state index in [1.54, 1.807) is 7.11 Å². The summed E-state index contributed by atoms with van der Waals surface area (Å²) in [5.74, 6) is 0. The van der Waals surface area contributed by atoms with Crippen LogP contribution in [0.2, 0.25) is 0 Å². The fourth-order valence-corrected chi connectivity index (χ4v) is 2.12. The number of nitrogens with one attached hydrogen (secondary N) is 1. The summed E-state index contributed by atoms with van der Waals surface area (Å²) in [6, 6.07) is 0.592. The molecule has 0 aromatic rings. The molecule has 3 heteroatoms. The van der Waals surface area contributed by atoms with Gasteiger partial charge in [-0.25, -0.2) is 0 Å². The topological polar surface area (TPSA) is 24.5 Å². The van der Waals surface area contributed by atoms with E-state index in [0.29, 0.717) is 11.5 Å². The van der Waals surface area contributed by atoms with Gasteiger partial charge in [0.1, 0.15) is 0 Å². The maximum absolute atomic E-state index is 5.16. The van der Waals surface area contributed by atoms with Gasteiger partial charge < -0.3 is 15.0 Å². The van der Waals surface area contributed by atoms with Crippen molar-refractivity contribution in [1.82, 2.24) is 10.2 Å². The van der Waals surface area contributed by atoms with Gasteiger partial charge in [-0.2, -0.15) is 0 Å². The van der Waals surface area contributed by atoms with Crippen molar-refractivity contribution in [3.63, 3.8) is 0 Å². The van der Waals surface area contributed by atoms with Crippen molar-refractivity contribution in [1.29, 1.82) is 0 Å². The second-order valence-corrected chi connectivity index (χ2v) is 6.09. The van der Waals surface area contributed by atoms with Gasteiger partial charge in [-0.1, -0.05) is 34.6 Å². The van der Waals surface area contributed by atoms with Crippen LogP contribution in [0.15, 0.2) is 0 Å². The molecule has 0 aromatic heterocycles. The highest BCUT2D eigenvalue weighted by Crippen LogP contribution is 2.22. The van der Waals surface area contributed by atoms with Crippen LogP contribution >= 0.6 is 0 Å². The van der Waals surface area contributed by atoms with E-state index in [2.05, 4.69) is 44.8 Å². The first-order valence-corrected chi connectivity index (χ1v) is 7.40. The first kappa shape index (κ1) is 17.9. The minimum Gasteiger partial charge on any atom is -0.383 e. The van der Waals surface area contributed by atoms with Crippen molar-refractivity contribution in [2.75, 3.05) is 39.9 Å². The number of hydrogen-bond donors (Lipinski definition) is 1. The Hall–Kier alpha value is -0.120. The summed E-state index contributed by atoms with van der Waals surface area (Å²) in [5.41, 5.74) is 0.329. The number of nitrogens with zero attached hydrogens (tertiary/aromatic N) is 1. The van der Waals surface area contributed by atoms with Crippen LogP contribution in [0.1, 0.15) is 47.5 Å². The zero-order valence-corrected chi connectivity index (χ0v) is 13.4. The van der Waals surface area contributed by atoms with Gasteiger partial charge in [0.05, 0.1) is 6.61 Å². The molecule has 0 amide bonds. The molecule has 1 N–H and O–H groups in total. The summed E-state index contributed by atoms with van der Waals surface area (Å²) in [6.07, 6.45) is 2.41. The molecule has 0 spiro atoms. The van der Waals surface area contributed by atoms with E-state index in [4.69, 9.17) is 4.74 Å². The molecule has 0 aliphatic carbocycles.